The van der Waals surface area contributed by atoms with Crippen LogP contribution in [0.2, 0.25) is 0 Å². The number of hydrogen-bond donors (Lipinski definition) is 0. The van der Waals surface area contributed by atoms with E-state index in [0.717, 1.165) is 11.1 Å². The largest absolute Gasteiger partial charge is 0.289 e. The number of ketones is 2. The molecule has 2 aromatic rings. The van der Waals surface area contributed by atoms with Crippen molar-refractivity contribution in [1.29, 1.82) is 0 Å². The van der Waals surface area contributed by atoms with Crippen molar-refractivity contribution in [2.45, 2.75) is 0 Å². The van der Waals surface area contributed by atoms with Gasteiger partial charge in [-0.3, -0.25) is 9.59 Å². The molecule has 0 saturated heterocycles. The van der Waals surface area contributed by atoms with Crippen LogP contribution in [0, 0.1) is 23.7 Å². The minimum atomic E-state index is -0.296. The summed E-state index contributed by atoms with van der Waals surface area (Å²) in [5.74, 6) is 10.7. The van der Waals surface area contributed by atoms with Crippen molar-refractivity contribution >= 4 is 11.6 Å². The molecule has 0 aliphatic heterocycles. The minimum absolute atomic E-state index is 0.189. The Bertz CT molecular complexity index is 887. The van der Waals surface area contributed by atoms with Crippen LogP contribution >= 0.6 is 0 Å². The van der Waals surface area contributed by atoms with Gasteiger partial charge in [0.15, 0.2) is 11.6 Å². The number of hydrogen-bond acceptors (Lipinski definition) is 2. The third-order valence-corrected chi connectivity index (χ3v) is 3.31. The maximum atomic E-state index is 12.1. The van der Waals surface area contributed by atoms with Crippen molar-refractivity contribution in [3.63, 3.8) is 0 Å². The molecule has 0 aromatic heterocycles. The third kappa shape index (κ3) is 3.77. The van der Waals surface area contributed by atoms with Crippen LogP contribution in [0.25, 0.3) is 0 Å². The van der Waals surface area contributed by atoms with Gasteiger partial charge < -0.3 is 0 Å². The first-order valence-electron chi connectivity index (χ1n) is 7.38. The van der Waals surface area contributed by atoms with E-state index in [2.05, 4.69) is 23.7 Å². The molecule has 0 fully saturated rings. The van der Waals surface area contributed by atoms with Gasteiger partial charge in [-0.1, -0.05) is 60.1 Å². The second kappa shape index (κ2) is 7.09. The van der Waals surface area contributed by atoms with Crippen molar-refractivity contribution in [3.05, 3.63) is 95.1 Å². The smallest absolute Gasteiger partial charge is 0.195 e. The van der Waals surface area contributed by atoms with Gasteiger partial charge in [0.05, 0.1) is 11.1 Å². The second-order valence-electron chi connectivity index (χ2n) is 5.08. The first-order valence-corrected chi connectivity index (χ1v) is 7.38. The summed E-state index contributed by atoms with van der Waals surface area (Å²) in [7, 11) is 0. The lowest BCUT2D eigenvalue weighted by molar-refractivity contribution is -0.114. The lowest BCUT2D eigenvalue weighted by atomic mass is 9.97. The molecule has 2 nitrogen and oxygen atoms in total. The summed E-state index contributed by atoms with van der Waals surface area (Å²) in [5.41, 5.74) is 1.96. The lowest BCUT2D eigenvalue weighted by Gasteiger charge is -2.03. The highest BCUT2D eigenvalue weighted by atomic mass is 16.1. The summed E-state index contributed by atoms with van der Waals surface area (Å²) in [6.07, 6.45) is 2.51. The normalized spacial score (nSPS) is 13.0. The number of benzene rings is 2. The van der Waals surface area contributed by atoms with Gasteiger partial charge in [-0.05, 0) is 24.3 Å². The predicted molar refractivity (Wildman–Crippen MR) is 92.8 cm³/mol. The number of allylic oxidation sites excluding steroid dienone is 4. The topological polar surface area (TPSA) is 34.1 Å². The molecule has 0 unspecified atom stereocenters. The first-order chi connectivity index (χ1) is 11.7. The second-order valence-corrected chi connectivity index (χ2v) is 5.08. The number of carbonyl (C=O) groups excluding carboxylic acids is 2. The van der Waals surface area contributed by atoms with Gasteiger partial charge in [0.2, 0.25) is 0 Å². The maximum Gasteiger partial charge on any atom is 0.195 e. The summed E-state index contributed by atoms with van der Waals surface area (Å²) in [6.45, 7) is 0. The van der Waals surface area contributed by atoms with Crippen molar-refractivity contribution in [2.24, 2.45) is 0 Å². The van der Waals surface area contributed by atoms with E-state index in [9.17, 15) is 9.59 Å². The Balaban J connectivity index is 1.80. The van der Waals surface area contributed by atoms with Crippen LogP contribution in [0.4, 0.5) is 0 Å². The van der Waals surface area contributed by atoms with Crippen LogP contribution < -0.4 is 0 Å². The SMILES string of the molecule is O=C1C=C(C#Cc2ccccc2)C(=O)C=C1C#Cc1ccccc1. The summed E-state index contributed by atoms with van der Waals surface area (Å²) in [5, 5.41) is 0. The fourth-order valence-electron chi connectivity index (χ4n) is 2.08. The van der Waals surface area contributed by atoms with Crippen molar-refractivity contribution in [2.75, 3.05) is 0 Å². The highest BCUT2D eigenvalue weighted by Crippen LogP contribution is 2.11. The Kier molecular flexibility index (Phi) is 4.52. The molecule has 0 saturated carbocycles. The summed E-state index contributed by atoms with van der Waals surface area (Å²) < 4.78 is 0. The van der Waals surface area contributed by atoms with Crippen LogP contribution in [0.15, 0.2) is 84.0 Å². The van der Waals surface area contributed by atoms with E-state index >= 15 is 0 Å². The fraction of sp³-hybridized carbons (Fsp3) is 0. The molecule has 2 aromatic carbocycles. The molecule has 0 heterocycles. The van der Waals surface area contributed by atoms with Gasteiger partial charge >= 0.3 is 0 Å². The molecule has 0 radical (unpaired) electrons. The van der Waals surface area contributed by atoms with Gasteiger partial charge in [-0.25, -0.2) is 0 Å². The molecule has 24 heavy (non-hydrogen) atoms. The average Bonchev–Trinajstić information content (AvgIpc) is 2.62. The molecule has 0 atom stereocenters. The molecule has 0 amide bonds. The van der Waals surface area contributed by atoms with E-state index in [1.807, 2.05) is 60.7 Å². The molecule has 0 bridgehead atoms. The van der Waals surface area contributed by atoms with Crippen LogP contribution in [0.3, 0.4) is 0 Å². The van der Waals surface area contributed by atoms with Crippen molar-refractivity contribution < 1.29 is 9.59 Å². The Hall–Kier alpha value is -3.62. The Morgan fingerprint density at radius 1 is 0.500 bits per heavy atom. The van der Waals surface area contributed by atoms with Crippen LogP contribution in [-0.2, 0) is 9.59 Å². The maximum absolute atomic E-state index is 12.1. The fourth-order valence-corrected chi connectivity index (χ4v) is 2.08. The molecule has 1 aliphatic carbocycles. The van der Waals surface area contributed by atoms with Gasteiger partial charge in [-0.2, -0.15) is 0 Å². The van der Waals surface area contributed by atoms with Gasteiger partial charge in [-0.15, -0.1) is 0 Å². The van der Waals surface area contributed by atoms with Crippen LogP contribution in [0.5, 0.6) is 0 Å². The molecular weight excluding hydrogens is 296 g/mol. The van der Waals surface area contributed by atoms with Gasteiger partial charge in [0.1, 0.15) is 0 Å². The Morgan fingerprint density at radius 3 is 1.25 bits per heavy atom. The van der Waals surface area contributed by atoms with Crippen LogP contribution in [0.1, 0.15) is 11.1 Å². The van der Waals surface area contributed by atoms with E-state index in [1.54, 1.807) is 0 Å². The van der Waals surface area contributed by atoms with Crippen molar-refractivity contribution in [1.82, 2.24) is 0 Å². The Morgan fingerprint density at radius 2 is 0.875 bits per heavy atom. The standard InChI is InChI=1S/C22H12O2/c23-21-16-20(14-12-18-9-5-2-6-10-18)22(24)15-19(21)13-11-17-7-3-1-4-8-17/h1-10,15-16H. The first kappa shape index (κ1) is 15.3. The highest BCUT2D eigenvalue weighted by molar-refractivity contribution is 6.23. The quantitative estimate of drug-likeness (QED) is 0.553. The zero-order valence-electron chi connectivity index (χ0n) is 12.7. The summed E-state index contributed by atoms with van der Waals surface area (Å²) in [4.78, 5) is 24.2. The molecule has 0 spiro atoms. The predicted octanol–water partition coefficient (Wildman–Crippen LogP) is 3.09. The molecule has 112 valence electrons. The van der Waals surface area contributed by atoms with E-state index in [1.165, 1.54) is 12.2 Å². The van der Waals surface area contributed by atoms with E-state index in [4.69, 9.17) is 0 Å². The monoisotopic (exact) mass is 308 g/mol. The average molecular weight is 308 g/mol. The zero-order chi connectivity index (χ0) is 16.8. The summed E-state index contributed by atoms with van der Waals surface area (Å²) in [6, 6.07) is 18.6. The third-order valence-electron chi connectivity index (χ3n) is 3.31. The van der Waals surface area contributed by atoms with E-state index in [-0.39, 0.29) is 22.7 Å². The van der Waals surface area contributed by atoms with E-state index in [0.29, 0.717) is 0 Å². The van der Waals surface area contributed by atoms with Gasteiger partial charge in [0, 0.05) is 23.3 Å². The Labute approximate surface area is 140 Å². The van der Waals surface area contributed by atoms with E-state index < -0.39 is 0 Å². The summed E-state index contributed by atoms with van der Waals surface area (Å²) >= 11 is 0. The molecule has 2 heteroatoms. The van der Waals surface area contributed by atoms with Crippen molar-refractivity contribution in [3.8, 4) is 23.7 Å². The lowest BCUT2D eigenvalue weighted by Crippen LogP contribution is -2.11. The van der Waals surface area contributed by atoms with Gasteiger partial charge in [0.25, 0.3) is 0 Å². The minimum Gasteiger partial charge on any atom is -0.289 e. The number of rotatable bonds is 0. The van der Waals surface area contributed by atoms with Crippen LogP contribution in [-0.4, -0.2) is 11.6 Å². The number of carbonyl (C=O) groups is 2. The molecule has 1 aliphatic rings. The molecule has 0 N–H and O–H groups in total. The molecule has 3 rings (SSSR count). The molecular formula is C22H12O2. The highest BCUT2D eigenvalue weighted by Gasteiger charge is 2.17. The zero-order valence-corrected chi connectivity index (χ0v) is 12.7.